The maximum atomic E-state index is 13.2. The third kappa shape index (κ3) is 4.98. The van der Waals surface area contributed by atoms with Gasteiger partial charge in [-0.1, -0.05) is 17.8 Å². The molecule has 1 amide bonds. The summed E-state index contributed by atoms with van der Waals surface area (Å²) >= 11 is 1.44. The summed E-state index contributed by atoms with van der Waals surface area (Å²) in [7, 11) is 0. The number of rotatable bonds is 7. The highest BCUT2D eigenvalue weighted by Crippen LogP contribution is 2.31. The summed E-state index contributed by atoms with van der Waals surface area (Å²) < 4.78 is 2.03. The number of pyridine rings is 1. The number of hydrogen-bond acceptors (Lipinski definition) is 5. The summed E-state index contributed by atoms with van der Waals surface area (Å²) in [5.41, 5.74) is 4.33. The minimum absolute atomic E-state index is 0.107. The molecule has 2 aromatic heterocycles. The second-order valence-corrected chi connectivity index (χ2v) is 9.65. The quantitative estimate of drug-likeness (QED) is 0.483. The molecule has 0 aliphatic rings. The smallest absolute Gasteiger partial charge is 0.236 e. The van der Waals surface area contributed by atoms with Crippen LogP contribution < -0.4 is 0 Å². The largest absolute Gasteiger partial charge is 0.337 e. The molecule has 0 aliphatic carbocycles. The second-order valence-electron chi connectivity index (χ2n) is 8.34. The first-order chi connectivity index (χ1) is 14.7. The van der Waals surface area contributed by atoms with E-state index in [2.05, 4.69) is 74.9 Å². The van der Waals surface area contributed by atoms with E-state index in [1.807, 2.05) is 28.5 Å². The van der Waals surface area contributed by atoms with Crippen LogP contribution in [0, 0.1) is 13.8 Å². The molecule has 6 nitrogen and oxygen atoms in total. The van der Waals surface area contributed by atoms with Crippen LogP contribution >= 0.6 is 11.8 Å². The van der Waals surface area contributed by atoms with Crippen LogP contribution in [0.3, 0.4) is 0 Å². The average Bonchev–Trinajstić information content (AvgIpc) is 3.13. The molecule has 0 fully saturated rings. The lowest BCUT2D eigenvalue weighted by Crippen LogP contribution is -2.45. The molecule has 0 saturated carbocycles. The van der Waals surface area contributed by atoms with Crippen LogP contribution in [0.2, 0.25) is 0 Å². The minimum atomic E-state index is -0.287. The molecule has 0 bridgehead atoms. The van der Waals surface area contributed by atoms with Crippen LogP contribution in [-0.4, -0.2) is 47.9 Å². The van der Waals surface area contributed by atoms with Crippen molar-refractivity contribution in [2.45, 2.75) is 71.0 Å². The molecular weight excluding hydrogens is 406 g/mol. The van der Waals surface area contributed by atoms with E-state index in [1.54, 1.807) is 12.4 Å². The molecular formula is C24H31N5OS. The molecule has 0 N–H and O–H groups in total. The summed E-state index contributed by atoms with van der Waals surface area (Å²) in [4.78, 5) is 19.2. The molecule has 0 aliphatic heterocycles. The molecule has 3 aromatic rings. The SMILES string of the molecule is Cc1ccc(-n2c(SC(C)C(=O)N(C(C)C)C(C)C)nnc2-c2ccncc2)cc1C. The number of carbonyl (C=O) groups is 1. The number of aryl methyl sites for hydroxylation is 2. The highest BCUT2D eigenvalue weighted by Gasteiger charge is 2.28. The topological polar surface area (TPSA) is 63.9 Å². The van der Waals surface area contributed by atoms with Crippen molar-refractivity contribution in [3.63, 3.8) is 0 Å². The van der Waals surface area contributed by atoms with Gasteiger partial charge in [-0.2, -0.15) is 0 Å². The van der Waals surface area contributed by atoms with E-state index in [0.717, 1.165) is 17.1 Å². The van der Waals surface area contributed by atoms with Gasteiger partial charge in [0.05, 0.1) is 10.9 Å². The Morgan fingerprint density at radius 2 is 1.58 bits per heavy atom. The average molecular weight is 438 g/mol. The van der Waals surface area contributed by atoms with E-state index >= 15 is 0 Å². The first-order valence-corrected chi connectivity index (χ1v) is 11.5. The molecule has 31 heavy (non-hydrogen) atoms. The fourth-order valence-electron chi connectivity index (χ4n) is 3.66. The fourth-order valence-corrected chi connectivity index (χ4v) is 4.58. The van der Waals surface area contributed by atoms with E-state index < -0.39 is 0 Å². The molecule has 7 heteroatoms. The third-order valence-electron chi connectivity index (χ3n) is 5.32. The Bertz CT molecular complexity index is 1040. The monoisotopic (exact) mass is 437 g/mol. The highest BCUT2D eigenvalue weighted by molar-refractivity contribution is 8.00. The van der Waals surface area contributed by atoms with Gasteiger partial charge in [-0.3, -0.25) is 14.3 Å². The number of aromatic nitrogens is 4. The Hall–Kier alpha value is -2.67. The predicted molar refractivity (Wildman–Crippen MR) is 127 cm³/mol. The van der Waals surface area contributed by atoms with Crippen molar-refractivity contribution in [1.29, 1.82) is 0 Å². The summed E-state index contributed by atoms with van der Waals surface area (Å²) in [6.07, 6.45) is 3.49. The molecule has 1 aromatic carbocycles. The number of thioether (sulfide) groups is 1. The van der Waals surface area contributed by atoms with Gasteiger partial charge in [0.2, 0.25) is 5.91 Å². The Morgan fingerprint density at radius 3 is 2.16 bits per heavy atom. The Labute approximate surface area is 189 Å². The molecule has 0 saturated heterocycles. The summed E-state index contributed by atoms with van der Waals surface area (Å²) in [6.45, 7) is 14.3. The van der Waals surface area contributed by atoms with Gasteiger partial charge in [0.25, 0.3) is 0 Å². The van der Waals surface area contributed by atoms with Gasteiger partial charge < -0.3 is 4.90 Å². The lowest BCUT2D eigenvalue weighted by Gasteiger charge is -2.32. The minimum Gasteiger partial charge on any atom is -0.337 e. The zero-order valence-electron chi connectivity index (χ0n) is 19.3. The molecule has 2 heterocycles. The predicted octanol–water partition coefficient (Wildman–Crippen LogP) is 5.07. The van der Waals surface area contributed by atoms with Crippen LogP contribution in [0.5, 0.6) is 0 Å². The Balaban J connectivity index is 2.03. The van der Waals surface area contributed by atoms with Gasteiger partial charge in [-0.15, -0.1) is 10.2 Å². The maximum absolute atomic E-state index is 13.2. The molecule has 3 rings (SSSR count). The number of carbonyl (C=O) groups excluding carboxylic acids is 1. The van der Waals surface area contributed by atoms with E-state index in [9.17, 15) is 4.79 Å². The highest BCUT2D eigenvalue weighted by atomic mass is 32.2. The molecule has 164 valence electrons. The van der Waals surface area contributed by atoms with Crippen LogP contribution in [0.1, 0.15) is 45.7 Å². The molecule has 1 unspecified atom stereocenters. The van der Waals surface area contributed by atoms with E-state index in [0.29, 0.717) is 5.16 Å². The lowest BCUT2D eigenvalue weighted by molar-refractivity contribution is -0.133. The van der Waals surface area contributed by atoms with Crippen molar-refractivity contribution in [2.24, 2.45) is 0 Å². The van der Waals surface area contributed by atoms with Gasteiger partial charge in [-0.05, 0) is 83.9 Å². The maximum Gasteiger partial charge on any atom is 0.236 e. The first-order valence-electron chi connectivity index (χ1n) is 10.6. The summed E-state index contributed by atoms with van der Waals surface area (Å²) in [5, 5.41) is 9.37. The number of nitrogens with zero attached hydrogens (tertiary/aromatic N) is 5. The number of benzene rings is 1. The van der Waals surface area contributed by atoms with Crippen molar-refractivity contribution < 1.29 is 4.79 Å². The normalized spacial score (nSPS) is 12.4. The van der Waals surface area contributed by atoms with Crippen LogP contribution in [0.4, 0.5) is 0 Å². The van der Waals surface area contributed by atoms with Gasteiger partial charge in [0.15, 0.2) is 11.0 Å². The van der Waals surface area contributed by atoms with Gasteiger partial charge in [-0.25, -0.2) is 0 Å². The van der Waals surface area contributed by atoms with Crippen LogP contribution in [0.15, 0.2) is 47.9 Å². The lowest BCUT2D eigenvalue weighted by atomic mass is 10.1. The van der Waals surface area contributed by atoms with Gasteiger partial charge in [0.1, 0.15) is 0 Å². The van der Waals surface area contributed by atoms with Crippen LogP contribution in [-0.2, 0) is 4.79 Å². The van der Waals surface area contributed by atoms with E-state index in [-0.39, 0.29) is 23.2 Å². The van der Waals surface area contributed by atoms with Gasteiger partial charge in [0, 0.05) is 30.0 Å². The van der Waals surface area contributed by atoms with E-state index in [4.69, 9.17) is 0 Å². The second kappa shape index (κ2) is 9.64. The summed E-state index contributed by atoms with van der Waals surface area (Å²) in [5.74, 6) is 0.840. The number of amides is 1. The van der Waals surface area contributed by atoms with Gasteiger partial charge >= 0.3 is 0 Å². The van der Waals surface area contributed by atoms with E-state index in [1.165, 1.54) is 22.9 Å². The van der Waals surface area contributed by atoms with Crippen molar-refractivity contribution in [1.82, 2.24) is 24.6 Å². The first kappa shape index (κ1) is 23.0. The van der Waals surface area contributed by atoms with Crippen molar-refractivity contribution in [3.05, 3.63) is 53.9 Å². The molecule has 1 atom stereocenters. The standard InChI is InChI=1S/C24H31N5OS/c1-15(2)28(16(3)4)23(30)19(7)31-24-27-26-22(20-10-12-25-13-11-20)29(24)21-9-8-17(5)18(6)14-21/h8-16,19H,1-7H3. The van der Waals surface area contributed by atoms with Crippen molar-refractivity contribution in [2.75, 3.05) is 0 Å². The zero-order chi connectivity index (χ0) is 22.7. The zero-order valence-corrected chi connectivity index (χ0v) is 20.1. The summed E-state index contributed by atoms with van der Waals surface area (Å²) in [6, 6.07) is 10.4. The fraction of sp³-hybridized carbons (Fsp3) is 0.417. The molecule has 0 radical (unpaired) electrons. The third-order valence-corrected chi connectivity index (χ3v) is 6.35. The van der Waals surface area contributed by atoms with Crippen molar-refractivity contribution in [3.8, 4) is 17.1 Å². The Morgan fingerprint density at radius 1 is 0.935 bits per heavy atom. The Kier molecular flexibility index (Phi) is 7.15. The molecule has 0 spiro atoms. The number of hydrogen-bond donors (Lipinski definition) is 0. The van der Waals surface area contributed by atoms with Crippen LogP contribution in [0.25, 0.3) is 17.1 Å². The van der Waals surface area contributed by atoms with Crippen molar-refractivity contribution >= 4 is 17.7 Å².